The molecule has 5 aliphatic rings. The third-order valence-electron chi connectivity index (χ3n) is 7.71. The number of hydrogen-bond acceptors (Lipinski definition) is 8. The first-order valence-electron chi connectivity index (χ1n) is 12.4. The number of rotatable bonds is 8. The van der Waals surface area contributed by atoms with Crippen molar-refractivity contribution in [3.8, 4) is 0 Å². The van der Waals surface area contributed by atoms with Crippen molar-refractivity contribution >= 4 is 23.2 Å². The Hall–Kier alpha value is -3.25. The van der Waals surface area contributed by atoms with E-state index in [0.29, 0.717) is 29.9 Å². The standard InChI is InChI=1S/C24H28FN7O4/c1-34-10-14-4-17-22(26-16(13-2-3-13)9-32(17)31-14)27-19-5-15(29-30-19)21-20(25)18(11-35-21)36-23(33)28-24-6-12(7-24)8-24/h4-5,9,12-13,18,20-21H,2-3,6-8,10-11H2,1H3,(H,28,33)(H2,26,27,29,30)/t12?,18-,20+,21-,24?/m0/s1. The fourth-order valence-corrected chi connectivity index (χ4v) is 5.57. The number of anilines is 2. The molecule has 11 nitrogen and oxygen atoms in total. The molecule has 190 valence electrons. The lowest BCUT2D eigenvalue weighted by molar-refractivity contribution is -0.0528. The van der Waals surface area contributed by atoms with Crippen LogP contribution in [0.5, 0.6) is 0 Å². The zero-order valence-electron chi connectivity index (χ0n) is 19.9. The van der Waals surface area contributed by atoms with Crippen molar-refractivity contribution in [2.24, 2.45) is 5.92 Å². The number of methoxy groups -OCH3 is 1. The average Bonchev–Trinajstić information content (AvgIpc) is 3.26. The molecule has 36 heavy (non-hydrogen) atoms. The molecule has 1 amide bonds. The third-order valence-corrected chi connectivity index (χ3v) is 7.71. The predicted molar refractivity (Wildman–Crippen MR) is 125 cm³/mol. The lowest BCUT2D eigenvalue weighted by Gasteiger charge is -2.61. The van der Waals surface area contributed by atoms with Crippen LogP contribution in [0.15, 0.2) is 18.3 Å². The number of amides is 1. The fourth-order valence-electron chi connectivity index (χ4n) is 5.57. The molecule has 4 aliphatic carbocycles. The maximum absolute atomic E-state index is 15.2. The van der Waals surface area contributed by atoms with Gasteiger partial charge in [-0.1, -0.05) is 0 Å². The molecule has 4 saturated carbocycles. The van der Waals surface area contributed by atoms with Gasteiger partial charge in [-0.15, -0.1) is 0 Å². The van der Waals surface area contributed by atoms with Gasteiger partial charge < -0.3 is 24.8 Å². The number of alkyl carbamates (subject to hydrolysis) is 1. The van der Waals surface area contributed by atoms with Crippen LogP contribution < -0.4 is 10.6 Å². The largest absolute Gasteiger partial charge is 0.441 e. The lowest BCUT2D eigenvalue weighted by atomic mass is 9.50. The first kappa shape index (κ1) is 22.0. The van der Waals surface area contributed by atoms with Crippen molar-refractivity contribution in [1.29, 1.82) is 0 Å². The van der Waals surface area contributed by atoms with Crippen LogP contribution in [0.4, 0.5) is 20.8 Å². The van der Waals surface area contributed by atoms with Crippen molar-refractivity contribution in [2.45, 2.75) is 68.5 Å². The van der Waals surface area contributed by atoms with Gasteiger partial charge in [0.2, 0.25) is 0 Å². The minimum atomic E-state index is -1.51. The molecule has 0 spiro atoms. The van der Waals surface area contributed by atoms with Crippen molar-refractivity contribution in [2.75, 3.05) is 19.0 Å². The number of nitrogens with zero attached hydrogens (tertiary/aromatic N) is 4. The van der Waals surface area contributed by atoms with E-state index in [1.807, 2.05) is 16.8 Å². The van der Waals surface area contributed by atoms with E-state index in [1.54, 1.807) is 13.2 Å². The number of aromatic nitrogens is 5. The van der Waals surface area contributed by atoms with Gasteiger partial charge in [-0.2, -0.15) is 10.2 Å². The van der Waals surface area contributed by atoms with Crippen LogP contribution in [0.2, 0.25) is 0 Å². The summed E-state index contributed by atoms with van der Waals surface area (Å²) >= 11 is 0. The summed E-state index contributed by atoms with van der Waals surface area (Å²) in [6, 6.07) is 3.61. The number of hydrogen-bond donors (Lipinski definition) is 3. The number of fused-ring (bicyclic) bond motifs is 1. The Morgan fingerprint density at radius 2 is 2.17 bits per heavy atom. The summed E-state index contributed by atoms with van der Waals surface area (Å²) in [6.45, 7) is 0.381. The van der Waals surface area contributed by atoms with E-state index < -0.39 is 24.5 Å². The van der Waals surface area contributed by atoms with Crippen LogP contribution in [0.1, 0.15) is 61.2 Å². The molecule has 2 bridgehead atoms. The monoisotopic (exact) mass is 497 g/mol. The van der Waals surface area contributed by atoms with Gasteiger partial charge in [-0.3, -0.25) is 5.10 Å². The van der Waals surface area contributed by atoms with Crippen molar-refractivity contribution in [3.05, 3.63) is 35.4 Å². The summed E-state index contributed by atoms with van der Waals surface area (Å²) in [5.41, 5.74) is 2.89. The molecule has 3 aromatic rings. The molecule has 0 unspecified atom stereocenters. The van der Waals surface area contributed by atoms with Crippen LogP contribution >= 0.6 is 0 Å². The van der Waals surface area contributed by atoms with E-state index in [-0.39, 0.29) is 12.1 Å². The Balaban J connectivity index is 1.05. The summed E-state index contributed by atoms with van der Waals surface area (Å²) in [6.07, 6.45) is 3.19. The van der Waals surface area contributed by atoms with Gasteiger partial charge in [0.15, 0.2) is 23.9 Å². The van der Waals surface area contributed by atoms with Crippen molar-refractivity contribution in [3.63, 3.8) is 0 Å². The Labute approximate surface area is 206 Å². The molecule has 12 heteroatoms. The number of halogens is 1. The molecule has 3 N–H and O–H groups in total. The summed E-state index contributed by atoms with van der Waals surface area (Å²) in [5, 5.41) is 17.9. The number of aromatic amines is 1. The van der Waals surface area contributed by atoms with Gasteiger partial charge in [0.25, 0.3) is 0 Å². The molecular formula is C24H28FN7O4. The van der Waals surface area contributed by atoms with E-state index in [0.717, 1.165) is 54.9 Å². The second-order valence-electron chi connectivity index (χ2n) is 10.5. The zero-order valence-corrected chi connectivity index (χ0v) is 19.9. The average molecular weight is 498 g/mol. The second kappa shape index (κ2) is 8.13. The molecule has 4 heterocycles. The van der Waals surface area contributed by atoms with Gasteiger partial charge in [0, 0.05) is 24.6 Å². The highest BCUT2D eigenvalue weighted by atomic mass is 19.1. The molecule has 5 fully saturated rings. The quantitative estimate of drug-likeness (QED) is 0.433. The normalized spacial score (nSPS) is 30.6. The highest BCUT2D eigenvalue weighted by molar-refractivity contribution is 5.73. The van der Waals surface area contributed by atoms with Crippen LogP contribution in [0.25, 0.3) is 5.52 Å². The number of carbonyl (C=O) groups excluding carboxylic acids is 1. The highest BCUT2D eigenvalue weighted by Crippen LogP contribution is 2.57. The lowest BCUT2D eigenvalue weighted by Crippen LogP contribution is -2.68. The van der Waals surface area contributed by atoms with E-state index in [4.69, 9.17) is 19.2 Å². The number of nitrogens with one attached hydrogen (secondary N) is 3. The maximum atomic E-state index is 15.2. The van der Waals surface area contributed by atoms with Crippen molar-refractivity contribution in [1.82, 2.24) is 30.1 Å². The number of H-pyrrole nitrogens is 1. The van der Waals surface area contributed by atoms with Crippen LogP contribution in [-0.4, -0.2) is 62.4 Å². The SMILES string of the molecule is COCc1cc2c(Nc3cc([C@@H]4OC[C@H](OC(=O)NC56CC(C5)C6)[C@H]4F)[nH]n3)nc(C3CC3)cn2n1. The molecule has 8 rings (SSSR count). The summed E-state index contributed by atoms with van der Waals surface area (Å²) < 4.78 is 33.2. The molecule has 3 aromatic heterocycles. The number of carbonyl (C=O) groups is 1. The van der Waals surface area contributed by atoms with Gasteiger partial charge >= 0.3 is 6.09 Å². The highest BCUT2D eigenvalue weighted by Gasteiger charge is 2.58. The first-order chi connectivity index (χ1) is 17.5. The molecule has 0 aromatic carbocycles. The molecular weight excluding hydrogens is 469 g/mol. The minimum absolute atomic E-state index is 0.0135. The van der Waals surface area contributed by atoms with Gasteiger partial charge in [-0.25, -0.2) is 18.7 Å². The minimum Gasteiger partial charge on any atom is -0.441 e. The second-order valence-corrected chi connectivity index (χ2v) is 10.5. The molecule has 0 radical (unpaired) electrons. The fraction of sp³-hybridized carbons (Fsp3) is 0.583. The topological polar surface area (TPSA) is 128 Å². The summed E-state index contributed by atoms with van der Waals surface area (Å²) in [5.74, 6) is 2.25. The third kappa shape index (κ3) is 3.79. The molecule has 1 aliphatic heterocycles. The maximum Gasteiger partial charge on any atom is 0.408 e. The zero-order chi connectivity index (χ0) is 24.4. The Bertz CT molecular complexity index is 1300. The van der Waals surface area contributed by atoms with Gasteiger partial charge in [-0.05, 0) is 44.1 Å². The first-order valence-corrected chi connectivity index (χ1v) is 12.4. The summed E-state index contributed by atoms with van der Waals surface area (Å²) in [4.78, 5) is 17.1. The van der Waals surface area contributed by atoms with Crippen LogP contribution in [0.3, 0.4) is 0 Å². The van der Waals surface area contributed by atoms with Gasteiger partial charge in [0.1, 0.15) is 11.6 Å². The van der Waals surface area contributed by atoms with E-state index in [1.165, 1.54) is 0 Å². The number of ether oxygens (including phenoxy) is 3. The van der Waals surface area contributed by atoms with Crippen LogP contribution in [-0.2, 0) is 20.8 Å². The van der Waals surface area contributed by atoms with Crippen molar-refractivity contribution < 1.29 is 23.4 Å². The summed E-state index contributed by atoms with van der Waals surface area (Å²) in [7, 11) is 1.63. The Morgan fingerprint density at radius 1 is 1.33 bits per heavy atom. The smallest absolute Gasteiger partial charge is 0.408 e. The Kier molecular flexibility index (Phi) is 4.97. The Morgan fingerprint density at radius 3 is 2.89 bits per heavy atom. The number of alkyl halides is 1. The predicted octanol–water partition coefficient (Wildman–Crippen LogP) is 3.28. The van der Waals surface area contributed by atoms with Gasteiger partial charge in [0.05, 0.1) is 36.5 Å². The van der Waals surface area contributed by atoms with E-state index in [9.17, 15) is 4.79 Å². The molecule has 1 saturated heterocycles. The van der Waals surface area contributed by atoms with E-state index >= 15 is 4.39 Å². The van der Waals surface area contributed by atoms with E-state index in [2.05, 4.69) is 25.9 Å². The molecule has 3 atom stereocenters. The van der Waals surface area contributed by atoms with Crippen LogP contribution in [0, 0.1) is 5.92 Å².